The summed E-state index contributed by atoms with van der Waals surface area (Å²) in [6.07, 6.45) is 5.62. The number of pyridine rings is 2. The third-order valence-corrected chi connectivity index (χ3v) is 2.40. The van der Waals surface area contributed by atoms with Gasteiger partial charge in [0.1, 0.15) is 3.70 Å². The highest BCUT2D eigenvalue weighted by Gasteiger charge is 1.97. The first kappa shape index (κ1) is 7.91. The van der Waals surface area contributed by atoms with Crippen LogP contribution >= 0.6 is 22.6 Å². The van der Waals surface area contributed by atoms with Gasteiger partial charge in [0.2, 0.25) is 0 Å². The van der Waals surface area contributed by atoms with Crippen LogP contribution in [-0.4, -0.2) is 9.97 Å². The van der Waals surface area contributed by atoms with Gasteiger partial charge < -0.3 is 0 Å². The molecule has 0 aliphatic heterocycles. The molecule has 2 heterocycles. The summed E-state index contributed by atoms with van der Waals surface area (Å²) in [6.45, 7) is 2.05. The third-order valence-electron chi connectivity index (χ3n) is 1.81. The number of aryl methyl sites for hydroxylation is 1. The van der Waals surface area contributed by atoms with Gasteiger partial charge in [0, 0.05) is 29.4 Å². The van der Waals surface area contributed by atoms with E-state index in [2.05, 4.69) is 32.6 Å². The maximum absolute atomic E-state index is 4.23. The molecule has 0 saturated heterocycles. The Bertz CT molecular complexity index is 426. The summed E-state index contributed by atoms with van der Waals surface area (Å²) in [4.78, 5) is 8.35. The van der Waals surface area contributed by atoms with E-state index < -0.39 is 0 Å². The van der Waals surface area contributed by atoms with Crippen molar-refractivity contribution >= 4 is 33.4 Å². The minimum absolute atomic E-state index is 1.01. The fourth-order valence-corrected chi connectivity index (χ4v) is 1.65. The predicted octanol–water partition coefficient (Wildman–Crippen LogP) is 2.54. The summed E-state index contributed by atoms with van der Waals surface area (Å²) in [6, 6.07) is 2.04. The zero-order chi connectivity index (χ0) is 8.55. The molecular weight excluding hydrogens is 263 g/mol. The lowest BCUT2D eigenvalue weighted by Crippen LogP contribution is -1.85. The molecule has 2 aromatic rings. The van der Waals surface area contributed by atoms with E-state index in [0.29, 0.717) is 0 Å². The summed E-state index contributed by atoms with van der Waals surface area (Å²) in [5.74, 6) is 0. The second-order valence-electron chi connectivity index (χ2n) is 2.68. The zero-order valence-electron chi connectivity index (χ0n) is 6.58. The van der Waals surface area contributed by atoms with Crippen molar-refractivity contribution in [3.05, 3.63) is 33.9 Å². The number of rotatable bonds is 0. The Morgan fingerprint density at radius 1 is 1.25 bits per heavy atom. The normalized spacial score (nSPS) is 10.5. The van der Waals surface area contributed by atoms with Gasteiger partial charge in [-0.1, -0.05) is 0 Å². The first-order valence-electron chi connectivity index (χ1n) is 3.63. The van der Waals surface area contributed by atoms with Crippen LogP contribution < -0.4 is 0 Å². The van der Waals surface area contributed by atoms with Gasteiger partial charge in [-0.2, -0.15) is 0 Å². The maximum atomic E-state index is 4.23. The fourth-order valence-electron chi connectivity index (χ4n) is 1.18. The Kier molecular flexibility index (Phi) is 1.96. The molecular formula is C9H7IN2. The Hall–Kier alpha value is -0.710. The van der Waals surface area contributed by atoms with Crippen molar-refractivity contribution in [3.63, 3.8) is 0 Å². The van der Waals surface area contributed by atoms with Gasteiger partial charge in [-0.3, -0.25) is 4.98 Å². The lowest BCUT2D eigenvalue weighted by molar-refractivity contribution is 1.26. The largest absolute Gasteiger partial charge is 0.264 e. The number of hydrogen-bond donors (Lipinski definition) is 0. The van der Waals surface area contributed by atoms with E-state index in [1.807, 2.05) is 31.6 Å². The molecule has 2 rings (SSSR count). The van der Waals surface area contributed by atoms with Gasteiger partial charge in [0.25, 0.3) is 0 Å². The zero-order valence-corrected chi connectivity index (χ0v) is 8.74. The van der Waals surface area contributed by atoms with Gasteiger partial charge in [0.15, 0.2) is 0 Å². The van der Waals surface area contributed by atoms with Crippen LogP contribution in [0, 0.1) is 10.6 Å². The molecule has 0 N–H and O–H groups in total. The van der Waals surface area contributed by atoms with E-state index in [9.17, 15) is 0 Å². The molecule has 0 unspecified atom stereocenters. The number of hydrogen-bond acceptors (Lipinski definition) is 2. The highest BCUT2D eigenvalue weighted by Crippen LogP contribution is 2.16. The van der Waals surface area contributed by atoms with E-state index in [4.69, 9.17) is 0 Å². The van der Waals surface area contributed by atoms with Gasteiger partial charge in [-0.25, -0.2) is 4.98 Å². The van der Waals surface area contributed by atoms with Crippen LogP contribution in [-0.2, 0) is 0 Å². The minimum atomic E-state index is 1.01. The second-order valence-corrected chi connectivity index (χ2v) is 3.79. The van der Waals surface area contributed by atoms with Crippen molar-refractivity contribution in [2.45, 2.75) is 6.92 Å². The molecule has 0 aromatic carbocycles. The van der Waals surface area contributed by atoms with Crippen molar-refractivity contribution in [2.24, 2.45) is 0 Å². The molecule has 0 saturated carbocycles. The first-order valence-corrected chi connectivity index (χ1v) is 4.71. The van der Waals surface area contributed by atoms with Crippen molar-refractivity contribution in [3.8, 4) is 0 Å². The molecule has 0 radical (unpaired) electrons. The standard InChI is InChI=1S/C9H7IN2/c1-6-3-11-4-7-2-9(10)12-5-8(6)7/h2-5H,1H3. The molecule has 60 valence electrons. The minimum Gasteiger partial charge on any atom is -0.264 e. The number of halogens is 1. The Labute approximate surface area is 84.2 Å². The molecule has 12 heavy (non-hydrogen) atoms. The fraction of sp³-hybridized carbons (Fsp3) is 0.111. The van der Waals surface area contributed by atoms with Crippen molar-refractivity contribution in [1.29, 1.82) is 0 Å². The van der Waals surface area contributed by atoms with Crippen molar-refractivity contribution < 1.29 is 0 Å². The summed E-state index contributed by atoms with van der Waals surface area (Å²) < 4.78 is 1.01. The summed E-state index contributed by atoms with van der Waals surface area (Å²) in [5.41, 5.74) is 1.18. The molecule has 0 spiro atoms. The summed E-state index contributed by atoms with van der Waals surface area (Å²) in [7, 11) is 0. The molecule has 0 aliphatic rings. The lowest BCUT2D eigenvalue weighted by Gasteiger charge is -1.99. The molecule has 0 fully saturated rings. The Morgan fingerprint density at radius 3 is 2.92 bits per heavy atom. The van der Waals surface area contributed by atoms with Crippen LogP contribution in [0.5, 0.6) is 0 Å². The molecule has 0 atom stereocenters. The van der Waals surface area contributed by atoms with Gasteiger partial charge in [-0.15, -0.1) is 0 Å². The van der Waals surface area contributed by atoms with Crippen LogP contribution in [0.4, 0.5) is 0 Å². The highest BCUT2D eigenvalue weighted by molar-refractivity contribution is 14.1. The van der Waals surface area contributed by atoms with Gasteiger partial charge >= 0.3 is 0 Å². The van der Waals surface area contributed by atoms with E-state index in [0.717, 1.165) is 9.09 Å². The van der Waals surface area contributed by atoms with E-state index in [1.54, 1.807) is 0 Å². The van der Waals surface area contributed by atoms with E-state index >= 15 is 0 Å². The Morgan fingerprint density at radius 2 is 2.08 bits per heavy atom. The average Bonchev–Trinajstić information content (AvgIpc) is 2.04. The smallest absolute Gasteiger partial charge is 0.102 e. The first-order chi connectivity index (χ1) is 5.77. The van der Waals surface area contributed by atoms with E-state index in [1.165, 1.54) is 10.9 Å². The predicted molar refractivity (Wildman–Crippen MR) is 57.0 cm³/mol. The molecule has 0 bridgehead atoms. The molecule has 3 heteroatoms. The third kappa shape index (κ3) is 1.29. The summed E-state index contributed by atoms with van der Waals surface area (Å²) in [5, 5.41) is 2.35. The highest BCUT2D eigenvalue weighted by atomic mass is 127. The monoisotopic (exact) mass is 270 g/mol. The number of fused-ring (bicyclic) bond motifs is 1. The van der Waals surface area contributed by atoms with Crippen molar-refractivity contribution in [1.82, 2.24) is 9.97 Å². The molecule has 2 aromatic heterocycles. The van der Waals surface area contributed by atoms with Crippen LogP contribution in [0.3, 0.4) is 0 Å². The quantitative estimate of drug-likeness (QED) is 0.543. The van der Waals surface area contributed by atoms with Crippen LogP contribution in [0.1, 0.15) is 5.56 Å². The SMILES string of the molecule is Cc1cncc2cc(I)ncc12. The van der Waals surface area contributed by atoms with Crippen LogP contribution in [0.2, 0.25) is 0 Å². The number of aromatic nitrogens is 2. The maximum Gasteiger partial charge on any atom is 0.102 e. The average molecular weight is 270 g/mol. The lowest BCUT2D eigenvalue weighted by atomic mass is 10.1. The molecule has 0 amide bonds. The topological polar surface area (TPSA) is 25.8 Å². The molecule has 2 nitrogen and oxygen atoms in total. The van der Waals surface area contributed by atoms with Crippen LogP contribution in [0.15, 0.2) is 24.7 Å². The second kappa shape index (κ2) is 2.97. The van der Waals surface area contributed by atoms with Gasteiger partial charge in [-0.05, 0) is 41.1 Å². The molecule has 0 aliphatic carbocycles. The summed E-state index contributed by atoms with van der Waals surface area (Å²) >= 11 is 2.20. The Balaban J connectivity index is 2.86. The van der Waals surface area contributed by atoms with Gasteiger partial charge in [0.05, 0.1) is 0 Å². The van der Waals surface area contributed by atoms with Crippen LogP contribution in [0.25, 0.3) is 10.8 Å². The number of nitrogens with zero attached hydrogens (tertiary/aromatic N) is 2. The van der Waals surface area contributed by atoms with Crippen molar-refractivity contribution in [2.75, 3.05) is 0 Å². The van der Waals surface area contributed by atoms with E-state index in [-0.39, 0.29) is 0 Å².